The van der Waals surface area contributed by atoms with Crippen molar-refractivity contribution in [3.05, 3.63) is 58.8 Å². The molecule has 0 N–H and O–H groups in total. The minimum Gasteiger partial charge on any atom is -0.258 e. The van der Waals surface area contributed by atoms with Crippen LogP contribution in [-0.2, 0) is 0 Å². The van der Waals surface area contributed by atoms with Crippen molar-refractivity contribution < 1.29 is 4.92 Å². The number of para-hydroxylation sites is 1. The van der Waals surface area contributed by atoms with E-state index in [-0.39, 0.29) is 5.70 Å². The van der Waals surface area contributed by atoms with Gasteiger partial charge in [0.15, 0.2) is 0 Å². The first kappa shape index (κ1) is 9.33. The van der Waals surface area contributed by atoms with Crippen molar-refractivity contribution in [1.82, 2.24) is 4.98 Å². The third-order valence-electron chi connectivity index (χ3n) is 2.18. The number of rotatable bonds is 2. The zero-order valence-corrected chi connectivity index (χ0v) is 7.88. The zero-order chi connectivity index (χ0) is 10.8. The van der Waals surface area contributed by atoms with Crippen molar-refractivity contribution in [2.24, 2.45) is 0 Å². The third kappa shape index (κ3) is 1.57. The number of benzene rings is 1. The normalized spacial score (nSPS) is 10.1. The van der Waals surface area contributed by atoms with E-state index < -0.39 is 4.92 Å². The molecular formula is C11H8N2O2. The SMILES string of the molecule is C=C(c1ccnc2ccccc12)[N+](=O)[O-]. The maximum absolute atomic E-state index is 10.6. The van der Waals surface area contributed by atoms with Gasteiger partial charge in [-0.1, -0.05) is 18.2 Å². The second-order valence-corrected chi connectivity index (χ2v) is 3.08. The Bertz CT molecular complexity index is 544. The van der Waals surface area contributed by atoms with Crippen LogP contribution in [0, 0.1) is 10.1 Å². The average molecular weight is 200 g/mol. The van der Waals surface area contributed by atoms with Gasteiger partial charge in [-0.2, -0.15) is 0 Å². The van der Waals surface area contributed by atoms with Gasteiger partial charge in [0, 0.05) is 11.6 Å². The number of pyridine rings is 1. The van der Waals surface area contributed by atoms with Gasteiger partial charge in [-0.15, -0.1) is 0 Å². The molecule has 0 radical (unpaired) electrons. The van der Waals surface area contributed by atoms with Crippen LogP contribution < -0.4 is 0 Å². The van der Waals surface area contributed by atoms with Crippen LogP contribution in [0.25, 0.3) is 16.6 Å². The predicted molar refractivity (Wildman–Crippen MR) is 57.8 cm³/mol. The fraction of sp³-hybridized carbons (Fsp3) is 0. The summed E-state index contributed by atoms with van der Waals surface area (Å²) >= 11 is 0. The second-order valence-electron chi connectivity index (χ2n) is 3.08. The Morgan fingerprint density at radius 2 is 2.07 bits per heavy atom. The number of hydrogen-bond acceptors (Lipinski definition) is 3. The van der Waals surface area contributed by atoms with Crippen molar-refractivity contribution in [3.8, 4) is 0 Å². The molecule has 0 amide bonds. The van der Waals surface area contributed by atoms with Crippen LogP contribution in [0.2, 0.25) is 0 Å². The molecule has 4 nitrogen and oxygen atoms in total. The number of fused-ring (bicyclic) bond motifs is 1. The molecule has 2 rings (SSSR count). The Morgan fingerprint density at radius 3 is 2.80 bits per heavy atom. The van der Waals surface area contributed by atoms with Gasteiger partial charge in [-0.05, 0) is 18.7 Å². The molecule has 2 aromatic rings. The minimum atomic E-state index is -0.484. The highest BCUT2D eigenvalue weighted by atomic mass is 16.6. The van der Waals surface area contributed by atoms with Gasteiger partial charge in [0.2, 0.25) is 0 Å². The van der Waals surface area contributed by atoms with Crippen molar-refractivity contribution in [2.75, 3.05) is 0 Å². The molecule has 0 unspecified atom stereocenters. The molecule has 0 fully saturated rings. The maximum atomic E-state index is 10.6. The monoisotopic (exact) mass is 200 g/mol. The number of aromatic nitrogens is 1. The van der Waals surface area contributed by atoms with E-state index in [0.29, 0.717) is 5.56 Å². The van der Waals surface area contributed by atoms with Crippen LogP contribution in [0.5, 0.6) is 0 Å². The second kappa shape index (κ2) is 3.49. The van der Waals surface area contributed by atoms with Crippen LogP contribution in [0.1, 0.15) is 5.56 Å². The van der Waals surface area contributed by atoms with E-state index in [2.05, 4.69) is 11.6 Å². The van der Waals surface area contributed by atoms with Crippen LogP contribution in [-0.4, -0.2) is 9.91 Å². The maximum Gasteiger partial charge on any atom is 0.270 e. The first-order chi connectivity index (χ1) is 7.20. The van der Waals surface area contributed by atoms with Gasteiger partial charge >= 0.3 is 0 Å². The quantitative estimate of drug-likeness (QED) is 0.552. The summed E-state index contributed by atoms with van der Waals surface area (Å²) in [5, 5.41) is 11.4. The van der Waals surface area contributed by atoms with E-state index in [1.54, 1.807) is 18.3 Å². The van der Waals surface area contributed by atoms with Gasteiger partial charge in [0.05, 0.1) is 16.0 Å². The summed E-state index contributed by atoms with van der Waals surface area (Å²) in [6, 6.07) is 8.88. The average Bonchev–Trinajstić information content (AvgIpc) is 2.27. The van der Waals surface area contributed by atoms with Gasteiger partial charge in [0.25, 0.3) is 5.70 Å². The predicted octanol–water partition coefficient (Wildman–Crippen LogP) is 2.48. The third-order valence-corrected chi connectivity index (χ3v) is 2.18. The van der Waals surface area contributed by atoms with E-state index >= 15 is 0 Å². The summed E-state index contributed by atoms with van der Waals surface area (Å²) < 4.78 is 0. The van der Waals surface area contributed by atoms with Crippen LogP contribution in [0.4, 0.5) is 0 Å². The molecule has 0 spiro atoms. The smallest absolute Gasteiger partial charge is 0.258 e. The van der Waals surface area contributed by atoms with Gasteiger partial charge in [-0.25, -0.2) is 0 Å². The molecule has 0 aliphatic rings. The summed E-state index contributed by atoms with van der Waals surface area (Å²) in [5.41, 5.74) is 1.15. The molecule has 0 saturated carbocycles. The molecule has 74 valence electrons. The van der Waals surface area contributed by atoms with E-state index in [4.69, 9.17) is 0 Å². The molecule has 0 aliphatic carbocycles. The van der Waals surface area contributed by atoms with E-state index in [0.717, 1.165) is 10.9 Å². The Labute approximate surface area is 86.0 Å². The highest BCUT2D eigenvalue weighted by Crippen LogP contribution is 2.22. The lowest BCUT2D eigenvalue weighted by molar-refractivity contribution is -0.374. The summed E-state index contributed by atoms with van der Waals surface area (Å²) in [7, 11) is 0. The first-order valence-electron chi connectivity index (χ1n) is 4.37. The van der Waals surface area contributed by atoms with Crippen LogP contribution >= 0.6 is 0 Å². The Hall–Kier alpha value is -2.23. The molecule has 4 heteroatoms. The lowest BCUT2D eigenvalue weighted by atomic mass is 10.1. The summed E-state index contributed by atoms with van der Waals surface area (Å²) in [6.07, 6.45) is 1.55. The largest absolute Gasteiger partial charge is 0.270 e. The van der Waals surface area contributed by atoms with Crippen LogP contribution in [0.15, 0.2) is 43.1 Å². The number of nitrogens with zero attached hydrogens (tertiary/aromatic N) is 2. The summed E-state index contributed by atoms with van der Waals surface area (Å²) in [6.45, 7) is 3.45. The standard InChI is InChI=1S/C11H8N2O2/c1-8(13(14)15)9-6-7-12-11-5-3-2-4-10(9)11/h2-7H,1H2. The molecule has 0 saturated heterocycles. The Kier molecular flexibility index (Phi) is 2.17. The fourth-order valence-corrected chi connectivity index (χ4v) is 1.45. The topological polar surface area (TPSA) is 56.0 Å². The zero-order valence-electron chi connectivity index (χ0n) is 7.88. The van der Waals surface area contributed by atoms with Gasteiger partial charge in [0.1, 0.15) is 0 Å². The molecule has 0 aliphatic heterocycles. The van der Waals surface area contributed by atoms with E-state index in [9.17, 15) is 10.1 Å². The molecular weight excluding hydrogens is 192 g/mol. The van der Waals surface area contributed by atoms with Gasteiger partial charge < -0.3 is 0 Å². The van der Waals surface area contributed by atoms with Crippen molar-refractivity contribution >= 4 is 16.6 Å². The Morgan fingerprint density at radius 1 is 1.33 bits per heavy atom. The lowest BCUT2D eigenvalue weighted by Gasteiger charge is -2.01. The first-order valence-corrected chi connectivity index (χ1v) is 4.37. The van der Waals surface area contributed by atoms with E-state index in [1.165, 1.54) is 0 Å². The molecule has 1 aromatic heterocycles. The molecule has 1 aromatic carbocycles. The number of hydrogen-bond donors (Lipinski definition) is 0. The fourth-order valence-electron chi connectivity index (χ4n) is 1.45. The molecule has 15 heavy (non-hydrogen) atoms. The molecule has 1 heterocycles. The molecule has 0 atom stereocenters. The van der Waals surface area contributed by atoms with Crippen LogP contribution in [0.3, 0.4) is 0 Å². The van der Waals surface area contributed by atoms with Crippen molar-refractivity contribution in [3.63, 3.8) is 0 Å². The Balaban J connectivity index is 2.71. The summed E-state index contributed by atoms with van der Waals surface area (Å²) in [5.74, 6) is 0. The van der Waals surface area contributed by atoms with Gasteiger partial charge in [-0.3, -0.25) is 15.1 Å². The minimum absolute atomic E-state index is 0.103. The lowest BCUT2D eigenvalue weighted by Crippen LogP contribution is -1.97. The number of nitro groups is 1. The highest BCUT2D eigenvalue weighted by molar-refractivity contribution is 5.89. The van der Waals surface area contributed by atoms with Crippen molar-refractivity contribution in [2.45, 2.75) is 0 Å². The van der Waals surface area contributed by atoms with Crippen molar-refractivity contribution in [1.29, 1.82) is 0 Å². The summed E-state index contributed by atoms with van der Waals surface area (Å²) in [4.78, 5) is 14.3. The highest BCUT2D eigenvalue weighted by Gasteiger charge is 2.13. The van der Waals surface area contributed by atoms with E-state index in [1.807, 2.05) is 18.2 Å². The molecule has 0 bridgehead atoms.